The van der Waals surface area contributed by atoms with Crippen molar-refractivity contribution in [3.8, 4) is 0 Å². The molecule has 0 aliphatic rings. The van der Waals surface area contributed by atoms with E-state index in [1.54, 1.807) is 19.1 Å². The van der Waals surface area contributed by atoms with Crippen molar-refractivity contribution in [1.29, 1.82) is 0 Å². The van der Waals surface area contributed by atoms with Crippen LogP contribution < -0.4 is 10.9 Å². The molecule has 112 valence electrons. The van der Waals surface area contributed by atoms with Crippen LogP contribution in [0.4, 0.5) is 4.79 Å². The Balaban J connectivity index is 2.26. The van der Waals surface area contributed by atoms with Crippen molar-refractivity contribution in [2.75, 3.05) is 6.61 Å². The molecule has 0 fully saturated rings. The van der Waals surface area contributed by atoms with Crippen LogP contribution in [0.5, 0.6) is 0 Å². The summed E-state index contributed by atoms with van der Waals surface area (Å²) in [5.41, 5.74) is 4.31. The summed E-state index contributed by atoms with van der Waals surface area (Å²) in [6, 6.07) is 3.21. The zero-order valence-corrected chi connectivity index (χ0v) is 13.7. The number of nitrogens with one attached hydrogen (secondary N) is 2. The first kappa shape index (κ1) is 16.2. The Bertz CT molecular complexity index is 717. The summed E-state index contributed by atoms with van der Waals surface area (Å²) >= 11 is 19.3. The van der Waals surface area contributed by atoms with E-state index in [0.29, 0.717) is 20.1 Å². The molecule has 0 radical (unpaired) electrons. The first-order valence-corrected chi connectivity index (χ1v) is 7.69. The Labute approximate surface area is 139 Å². The lowest BCUT2D eigenvalue weighted by molar-refractivity contribution is 0.0917. The highest BCUT2D eigenvalue weighted by molar-refractivity contribution is 7.21. The molecular weight excluding hydrogens is 359 g/mol. The largest absolute Gasteiger partial charge is 0.449 e. The van der Waals surface area contributed by atoms with Crippen LogP contribution in [0.25, 0.3) is 10.1 Å². The molecule has 0 aliphatic heterocycles. The van der Waals surface area contributed by atoms with E-state index < -0.39 is 12.0 Å². The summed E-state index contributed by atoms with van der Waals surface area (Å²) in [5, 5.41) is 1.56. The van der Waals surface area contributed by atoms with Crippen LogP contribution in [0.3, 0.4) is 0 Å². The minimum atomic E-state index is -0.760. The quantitative estimate of drug-likeness (QED) is 0.780. The third kappa shape index (κ3) is 3.52. The van der Waals surface area contributed by atoms with E-state index in [2.05, 4.69) is 15.6 Å². The summed E-state index contributed by atoms with van der Waals surface area (Å²) in [6.07, 6.45) is -0.760. The molecule has 1 aromatic heterocycles. The molecule has 0 atom stereocenters. The molecule has 9 heteroatoms. The van der Waals surface area contributed by atoms with Gasteiger partial charge in [-0.2, -0.15) is 0 Å². The summed E-state index contributed by atoms with van der Waals surface area (Å²) in [4.78, 5) is 23.3. The molecule has 0 aliphatic carbocycles. The summed E-state index contributed by atoms with van der Waals surface area (Å²) < 4.78 is 5.30. The smallest absolute Gasteiger partial charge is 0.426 e. The van der Waals surface area contributed by atoms with Crippen molar-refractivity contribution < 1.29 is 14.3 Å². The van der Waals surface area contributed by atoms with Crippen LogP contribution in [0.1, 0.15) is 16.6 Å². The van der Waals surface area contributed by atoms with Gasteiger partial charge >= 0.3 is 6.09 Å². The highest BCUT2D eigenvalue weighted by atomic mass is 35.5. The van der Waals surface area contributed by atoms with Gasteiger partial charge in [-0.1, -0.05) is 34.8 Å². The lowest BCUT2D eigenvalue weighted by atomic mass is 10.2. The van der Waals surface area contributed by atoms with Gasteiger partial charge in [0.25, 0.3) is 5.91 Å². The van der Waals surface area contributed by atoms with Gasteiger partial charge in [0.05, 0.1) is 16.7 Å². The predicted octanol–water partition coefficient (Wildman–Crippen LogP) is 4.25. The number of thiophene rings is 1. The van der Waals surface area contributed by atoms with Crippen LogP contribution in [-0.2, 0) is 4.74 Å². The first-order chi connectivity index (χ1) is 9.93. The maximum absolute atomic E-state index is 12.0. The normalized spacial score (nSPS) is 10.5. The lowest BCUT2D eigenvalue weighted by Crippen LogP contribution is -2.41. The fraction of sp³-hybridized carbons (Fsp3) is 0.167. The van der Waals surface area contributed by atoms with Crippen LogP contribution in [0, 0.1) is 0 Å². The van der Waals surface area contributed by atoms with Crippen LogP contribution in [0.2, 0.25) is 15.1 Å². The van der Waals surface area contributed by atoms with E-state index in [1.165, 1.54) is 0 Å². The van der Waals surface area contributed by atoms with Gasteiger partial charge in [0.2, 0.25) is 0 Å². The fourth-order valence-corrected chi connectivity index (χ4v) is 3.86. The van der Waals surface area contributed by atoms with Gasteiger partial charge in [0.1, 0.15) is 4.88 Å². The molecule has 1 heterocycles. The second-order valence-corrected chi connectivity index (χ2v) is 6.08. The van der Waals surface area contributed by atoms with Gasteiger partial charge in [-0.25, -0.2) is 10.2 Å². The average molecular weight is 368 g/mol. The van der Waals surface area contributed by atoms with Crippen molar-refractivity contribution in [1.82, 2.24) is 10.9 Å². The Morgan fingerprint density at radius 1 is 1.24 bits per heavy atom. The van der Waals surface area contributed by atoms with Crippen molar-refractivity contribution >= 4 is 68.2 Å². The zero-order valence-electron chi connectivity index (χ0n) is 10.6. The average Bonchev–Trinajstić information content (AvgIpc) is 2.73. The number of rotatable bonds is 2. The molecule has 0 bridgehead atoms. The number of halogens is 3. The minimum absolute atomic E-state index is 0.194. The van der Waals surface area contributed by atoms with Crippen LogP contribution in [-0.4, -0.2) is 18.6 Å². The van der Waals surface area contributed by atoms with Gasteiger partial charge in [-0.05, 0) is 19.1 Å². The SMILES string of the molecule is CCOC(=O)NNC(=O)c1sc2cc(Cl)cc(Cl)c2c1Cl. The molecule has 2 amide bonds. The number of carbonyl (C=O) groups is 2. The molecular formula is C12H9Cl3N2O3S. The van der Waals surface area contributed by atoms with E-state index in [1.807, 2.05) is 0 Å². The number of hydrazine groups is 1. The van der Waals surface area contributed by atoms with Crippen LogP contribution >= 0.6 is 46.1 Å². The summed E-state index contributed by atoms with van der Waals surface area (Å²) in [7, 11) is 0. The lowest BCUT2D eigenvalue weighted by Gasteiger charge is -2.05. The molecule has 0 unspecified atom stereocenters. The molecule has 2 N–H and O–H groups in total. The Hall–Kier alpha value is -1.21. The third-order valence-corrected chi connectivity index (χ3v) is 4.55. The molecule has 0 spiro atoms. The number of hydrogen-bond acceptors (Lipinski definition) is 4. The number of carbonyl (C=O) groups excluding carboxylic acids is 2. The van der Waals surface area contributed by atoms with Gasteiger partial charge in [-0.3, -0.25) is 10.2 Å². The molecule has 0 saturated heterocycles. The van der Waals surface area contributed by atoms with E-state index in [9.17, 15) is 9.59 Å². The Morgan fingerprint density at radius 2 is 1.95 bits per heavy atom. The number of fused-ring (bicyclic) bond motifs is 1. The Morgan fingerprint density at radius 3 is 2.62 bits per heavy atom. The standard InChI is InChI=1S/C12H9Cl3N2O3S/c1-2-20-12(19)17-16-11(18)10-9(15)8-6(14)3-5(13)4-7(8)21-10/h3-4H,2H2,1H3,(H,16,18)(H,17,19). The number of ether oxygens (including phenoxy) is 1. The zero-order chi connectivity index (χ0) is 15.6. The van der Waals surface area contributed by atoms with Gasteiger partial charge in [0, 0.05) is 15.1 Å². The maximum atomic E-state index is 12.0. The molecule has 21 heavy (non-hydrogen) atoms. The number of benzene rings is 1. The van der Waals surface area contributed by atoms with E-state index in [4.69, 9.17) is 34.8 Å². The van der Waals surface area contributed by atoms with Gasteiger partial charge in [-0.15, -0.1) is 11.3 Å². The minimum Gasteiger partial charge on any atom is -0.449 e. The van der Waals surface area contributed by atoms with Gasteiger partial charge < -0.3 is 4.74 Å². The number of hydrogen-bond donors (Lipinski definition) is 2. The van der Waals surface area contributed by atoms with E-state index >= 15 is 0 Å². The summed E-state index contributed by atoms with van der Waals surface area (Å²) in [6.45, 7) is 1.84. The van der Waals surface area contributed by atoms with Crippen molar-refractivity contribution in [3.05, 3.63) is 32.1 Å². The van der Waals surface area contributed by atoms with E-state index in [0.717, 1.165) is 11.3 Å². The highest BCUT2D eigenvalue weighted by Gasteiger charge is 2.20. The molecule has 5 nitrogen and oxygen atoms in total. The highest BCUT2D eigenvalue weighted by Crippen LogP contribution is 2.41. The van der Waals surface area contributed by atoms with E-state index in [-0.39, 0.29) is 16.5 Å². The predicted molar refractivity (Wildman–Crippen MR) is 84.5 cm³/mol. The maximum Gasteiger partial charge on any atom is 0.426 e. The topological polar surface area (TPSA) is 67.4 Å². The second kappa shape index (κ2) is 6.70. The van der Waals surface area contributed by atoms with Crippen molar-refractivity contribution in [3.63, 3.8) is 0 Å². The molecule has 1 aromatic carbocycles. The third-order valence-electron chi connectivity index (χ3n) is 2.41. The first-order valence-electron chi connectivity index (χ1n) is 5.74. The molecule has 0 saturated carbocycles. The molecule has 2 rings (SSSR count). The van der Waals surface area contributed by atoms with Crippen molar-refractivity contribution in [2.45, 2.75) is 6.92 Å². The Kier molecular flexibility index (Phi) is 5.16. The van der Waals surface area contributed by atoms with Crippen molar-refractivity contribution in [2.24, 2.45) is 0 Å². The van der Waals surface area contributed by atoms with Gasteiger partial charge in [0.15, 0.2) is 0 Å². The summed E-state index contributed by atoms with van der Waals surface area (Å²) in [5.74, 6) is -0.568. The van der Waals surface area contributed by atoms with Crippen LogP contribution in [0.15, 0.2) is 12.1 Å². The fourth-order valence-electron chi connectivity index (χ4n) is 1.59. The number of amides is 2. The monoisotopic (exact) mass is 366 g/mol. The molecule has 2 aromatic rings. The second-order valence-electron chi connectivity index (χ2n) is 3.81.